The Kier molecular flexibility index (Phi) is 4.85. The third-order valence-corrected chi connectivity index (χ3v) is 5.96. The van der Waals surface area contributed by atoms with Crippen LogP contribution < -0.4 is 16.4 Å². The largest absolute Gasteiger partial charge is 0.369 e. The maximum absolute atomic E-state index is 6.29. The molecule has 4 N–H and O–H groups in total. The fourth-order valence-corrected chi connectivity index (χ4v) is 4.60. The van der Waals surface area contributed by atoms with E-state index in [2.05, 4.69) is 39.1 Å². The molecule has 1 aliphatic carbocycles. The van der Waals surface area contributed by atoms with Gasteiger partial charge in [-0.2, -0.15) is 4.99 Å². The maximum atomic E-state index is 6.29. The zero-order valence-corrected chi connectivity index (χ0v) is 15.5. The Morgan fingerprint density at radius 2 is 1.62 bits per heavy atom. The number of nitrogens with two attached hydrogens (primary N) is 2. The van der Waals surface area contributed by atoms with Gasteiger partial charge in [0.2, 0.25) is 11.9 Å². The summed E-state index contributed by atoms with van der Waals surface area (Å²) >= 11 is 0. The van der Waals surface area contributed by atoms with Crippen LogP contribution in [0.4, 0.5) is 5.69 Å². The minimum absolute atomic E-state index is 0.308. The number of hydrogen-bond donors (Lipinski definition) is 2. The van der Waals surface area contributed by atoms with Crippen LogP contribution in [-0.2, 0) is 6.42 Å². The number of hydrogen-bond acceptors (Lipinski definition) is 6. The van der Waals surface area contributed by atoms with Gasteiger partial charge in [-0.3, -0.25) is 4.90 Å². The predicted octanol–water partition coefficient (Wildman–Crippen LogP) is 2.43. The summed E-state index contributed by atoms with van der Waals surface area (Å²) in [5.41, 5.74) is 14.3. The van der Waals surface area contributed by atoms with Gasteiger partial charge in [0.15, 0.2) is 0 Å². The van der Waals surface area contributed by atoms with Crippen molar-refractivity contribution in [3.05, 3.63) is 29.8 Å². The molecule has 0 unspecified atom stereocenters. The van der Waals surface area contributed by atoms with Gasteiger partial charge in [0.05, 0.1) is 0 Å². The minimum Gasteiger partial charge on any atom is -0.369 e. The second kappa shape index (κ2) is 7.27. The van der Waals surface area contributed by atoms with Crippen LogP contribution in [-0.4, -0.2) is 42.1 Å². The zero-order chi connectivity index (χ0) is 18.0. The highest BCUT2D eigenvalue weighted by atomic mass is 15.4. The Labute approximate surface area is 156 Å². The standard InChI is InChI=1S/C20H30N6/c21-18-23-19(22)26(20(24-18)11-2-1-3-12-20)17-8-6-16(7-9-17)10-15-25-13-4-5-14-25/h6-9H,1-5,10-15H2,(H4,21,22,23,24). The Bertz CT molecular complexity index is 681. The molecule has 1 saturated heterocycles. The Hall–Kier alpha value is -2.08. The molecule has 1 aromatic carbocycles. The molecule has 6 nitrogen and oxygen atoms in total. The van der Waals surface area contributed by atoms with Crippen molar-refractivity contribution in [1.29, 1.82) is 0 Å². The zero-order valence-electron chi connectivity index (χ0n) is 15.5. The molecule has 26 heavy (non-hydrogen) atoms. The highest BCUT2D eigenvalue weighted by Gasteiger charge is 2.42. The molecule has 0 atom stereocenters. The summed E-state index contributed by atoms with van der Waals surface area (Å²) in [5.74, 6) is 0.770. The quantitative estimate of drug-likeness (QED) is 0.870. The van der Waals surface area contributed by atoms with Crippen molar-refractivity contribution in [3.63, 3.8) is 0 Å². The molecule has 2 fully saturated rings. The second-order valence-corrected chi connectivity index (χ2v) is 7.78. The first kappa shape index (κ1) is 17.3. The van der Waals surface area contributed by atoms with Crippen molar-refractivity contribution in [2.24, 2.45) is 21.5 Å². The van der Waals surface area contributed by atoms with Gasteiger partial charge in [0, 0.05) is 12.2 Å². The van der Waals surface area contributed by atoms with Crippen LogP contribution in [0.25, 0.3) is 0 Å². The summed E-state index contributed by atoms with van der Waals surface area (Å²) in [4.78, 5) is 13.6. The van der Waals surface area contributed by atoms with E-state index in [9.17, 15) is 0 Å². The van der Waals surface area contributed by atoms with Crippen molar-refractivity contribution >= 4 is 17.6 Å². The highest BCUT2D eigenvalue weighted by Crippen LogP contribution is 2.39. The van der Waals surface area contributed by atoms with Gasteiger partial charge in [-0.15, -0.1) is 0 Å². The van der Waals surface area contributed by atoms with Crippen LogP contribution in [0.15, 0.2) is 34.3 Å². The number of benzene rings is 1. The molecule has 6 heteroatoms. The molecular weight excluding hydrogens is 324 g/mol. The summed E-state index contributed by atoms with van der Waals surface area (Å²) < 4.78 is 0. The lowest BCUT2D eigenvalue weighted by Gasteiger charge is -2.45. The molecule has 1 aromatic rings. The number of anilines is 1. The Balaban J connectivity index is 1.52. The SMILES string of the molecule is NC1=NC2(CCCCC2)N(c2ccc(CCN3CCCC3)cc2)C(N)=N1. The first-order valence-electron chi connectivity index (χ1n) is 9.97. The number of aliphatic imine (C=N–C) groups is 2. The third kappa shape index (κ3) is 3.43. The molecular formula is C20H30N6. The monoisotopic (exact) mass is 354 g/mol. The van der Waals surface area contributed by atoms with Gasteiger partial charge < -0.3 is 16.4 Å². The molecule has 0 aromatic heterocycles. The van der Waals surface area contributed by atoms with Crippen LogP contribution in [0.5, 0.6) is 0 Å². The van der Waals surface area contributed by atoms with Crippen molar-refractivity contribution in [2.45, 2.75) is 57.0 Å². The van der Waals surface area contributed by atoms with E-state index in [4.69, 9.17) is 16.5 Å². The summed E-state index contributed by atoms with van der Waals surface area (Å²) in [7, 11) is 0. The van der Waals surface area contributed by atoms with E-state index in [1.54, 1.807) is 0 Å². The van der Waals surface area contributed by atoms with E-state index >= 15 is 0 Å². The number of likely N-dealkylation sites (tertiary alicyclic amines) is 1. The average molecular weight is 355 g/mol. The molecule has 3 aliphatic rings. The van der Waals surface area contributed by atoms with Gasteiger partial charge in [-0.05, 0) is 75.7 Å². The van der Waals surface area contributed by atoms with Gasteiger partial charge in [0.1, 0.15) is 5.66 Å². The van der Waals surface area contributed by atoms with Crippen LogP contribution in [0.1, 0.15) is 50.5 Å². The summed E-state index contributed by atoms with van der Waals surface area (Å²) in [6.07, 6.45) is 9.28. The maximum Gasteiger partial charge on any atom is 0.220 e. The van der Waals surface area contributed by atoms with Crippen LogP contribution in [0, 0.1) is 0 Å². The lowest BCUT2D eigenvalue weighted by Crippen LogP contribution is -2.58. The number of guanidine groups is 2. The van der Waals surface area contributed by atoms with Crippen LogP contribution >= 0.6 is 0 Å². The van der Waals surface area contributed by atoms with E-state index in [0.717, 1.165) is 44.3 Å². The van der Waals surface area contributed by atoms with E-state index in [0.29, 0.717) is 11.9 Å². The van der Waals surface area contributed by atoms with Crippen molar-refractivity contribution in [2.75, 3.05) is 24.5 Å². The van der Waals surface area contributed by atoms with Crippen LogP contribution in [0.2, 0.25) is 0 Å². The smallest absolute Gasteiger partial charge is 0.220 e. The molecule has 1 spiro atoms. The lowest BCUT2D eigenvalue weighted by atomic mass is 9.87. The molecule has 140 valence electrons. The van der Waals surface area contributed by atoms with Gasteiger partial charge >= 0.3 is 0 Å². The van der Waals surface area contributed by atoms with Gasteiger partial charge in [0.25, 0.3) is 0 Å². The fourth-order valence-electron chi connectivity index (χ4n) is 4.60. The molecule has 0 amide bonds. The molecule has 1 saturated carbocycles. The Morgan fingerprint density at radius 3 is 2.31 bits per heavy atom. The van der Waals surface area contributed by atoms with Crippen molar-refractivity contribution in [1.82, 2.24) is 4.90 Å². The number of rotatable bonds is 4. The van der Waals surface area contributed by atoms with Crippen LogP contribution in [0.3, 0.4) is 0 Å². The predicted molar refractivity (Wildman–Crippen MR) is 107 cm³/mol. The Morgan fingerprint density at radius 1 is 0.923 bits per heavy atom. The first-order chi connectivity index (χ1) is 12.7. The normalized spacial score (nSPS) is 23.2. The highest BCUT2D eigenvalue weighted by molar-refractivity contribution is 6.05. The summed E-state index contributed by atoms with van der Waals surface area (Å²) in [6, 6.07) is 8.76. The van der Waals surface area contributed by atoms with E-state index in [1.165, 1.54) is 37.9 Å². The molecule has 4 rings (SSSR count). The fraction of sp³-hybridized carbons (Fsp3) is 0.600. The first-order valence-corrected chi connectivity index (χ1v) is 9.97. The topological polar surface area (TPSA) is 83.2 Å². The molecule has 0 radical (unpaired) electrons. The average Bonchev–Trinajstić information content (AvgIpc) is 3.14. The van der Waals surface area contributed by atoms with E-state index in [1.807, 2.05) is 0 Å². The second-order valence-electron chi connectivity index (χ2n) is 7.78. The minimum atomic E-state index is -0.356. The van der Waals surface area contributed by atoms with Gasteiger partial charge in [-0.25, -0.2) is 4.99 Å². The molecule has 0 bridgehead atoms. The van der Waals surface area contributed by atoms with Gasteiger partial charge in [-0.1, -0.05) is 18.6 Å². The summed E-state index contributed by atoms with van der Waals surface area (Å²) in [5, 5.41) is 0. The molecule has 2 heterocycles. The van der Waals surface area contributed by atoms with Crippen molar-refractivity contribution < 1.29 is 0 Å². The lowest BCUT2D eigenvalue weighted by molar-refractivity contribution is 0.305. The van der Waals surface area contributed by atoms with E-state index in [-0.39, 0.29) is 5.66 Å². The van der Waals surface area contributed by atoms with E-state index < -0.39 is 0 Å². The summed E-state index contributed by atoms with van der Waals surface area (Å²) in [6.45, 7) is 3.65. The molecule has 2 aliphatic heterocycles. The third-order valence-electron chi connectivity index (χ3n) is 5.96. The number of nitrogens with zero attached hydrogens (tertiary/aromatic N) is 4. The van der Waals surface area contributed by atoms with Crippen molar-refractivity contribution in [3.8, 4) is 0 Å².